The number of hydrogen-bond donors (Lipinski definition) is 3. The summed E-state index contributed by atoms with van der Waals surface area (Å²) in [6.07, 6.45) is 2.82. The molecule has 4 N–H and O–H groups in total. The first kappa shape index (κ1) is 20.8. The summed E-state index contributed by atoms with van der Waals surface area (Å²) < 4.78 is 0. The molecule has 2 aliphatic heterocycles. The van der Waals surface area contributed by atoms with Gasteiger partial charge in [-0.2, -0.15) is 0 Å². The van der Waals surface area contributed by atoms with Crippen LogP contribution in [0, 0.1) is 0 Å². The largest absolute Gasteiger partial charge is 0.481 e. The van der Waals surface area contributed by atoms with Gasteiger partial charge in [-0.15, -0.1) is 0 Å². The topological polar surface area (TPSA) is 150 Å². The Bertz CT molecular complexity index is 610. The Balaban J connectivity index is 2.12. The summed E-state index contributed by atoms with van der Waals surface area (Å²) in [5.41, 5.74) is 5.27. The molecule has 2 rings (SSSR count). The lowest BCUT2D eigenvalue weighted by Crippen LogP contribution is -2.55. The van der Waals surface area contributed by atoms with Crippen molar-refractivity contribution in [3.63, 3.8) is 0 Å². The average molecular weight is 382 g/mol. The van der Waals surface area contributed by atoms with E-state index in [1.165, 1.54) is 9.80 Å². The van der Waals surface area contributed by atoms with Crippen LogP contribution >= 0.6 is 0 Å². The Morgan fingerprint density at radius 2 is 1.81 bits per heavy atom. The van der Waals surface area contributed by atoms with Crippen LogP contribution in [0.2, 0.25) is 0 Å². The fraction of sp³-hybridized carbons (Fsp3) is 0.706. The molecule has 0 aromatic heterocycles. The predicted molar refractivity (Wildman–Crippen MR) is 93.4 cm³/mol. The van der Waals surface area contributed by atoms with E-state index in [4.69, 9.17) is 10.8 Å². The van der Waals surface area contributed by atoms with Crippen molar-refractivity contribution in [3.05, 3.63) is 0 Å². The van der Waals surface area contributed by atoms with E-state index >= 15 is 0 Å². The van der Waals surface area contributed by atoms with Crippen LogP contribution in [0.25, 0.3) is 0 Å². The van der Waals surface area contributed by atoms with Crippen LogP contribution in [0.4, 0.5) is 0 Å². The van der Waals surface area contributed by atoms with Crippen LogP contribution in [-0.2, 0) is 24.0 Å². The van der Waals surface area contributed by atoms with Crippen LogP contribution in [0.3, 0.4) is 0 Å². The van der Waals surface area contributed by atoms with Gasteiger partial charge in [-0.3, -0.25) is 19.2 Å². The van der Waals surface area contributed by atoms with E-state index in [0.717, 1.165) is 12.7 Å². The van der Waals surface area contributed by atoms with E-state index in [2.05, 4.69) is 5.32 Å². The Hall–Kier alpha value is -2.49. The first-order valence-corrected chi connectivity index (χ1v) is 9.16. The fourth-order valence-corrected chi connectivity index (χ4v) is 3.66. The van der Waals surface area contributed by atoms with Crippen LogP contribution < -0.4 is 11.1 Å². The molecule has 2 aliphatic rings. The number of rotatable bonds is 8. The van der Waals surface area contributed by atoms with Gasteiger partial charge in [0.1, 0.15) is 18.4 Å². The number of carbonyl (C=O) groups is 5. The van der Waals surface area contributed by atoms with Gasteiger partial charge in [0.25, 0.3) is 0 Å². The maximum absolute atomic E-state index is 12.9. The highest BCUT2D eigenvalue weighted by atomic mass is 16.4. The highest BCUT2D eigenvalue weighted by Gasteiger charge is 2.41. The van der Waals surface area contributed by atoms with Crippen molar-refractivity contribution < 1.29 is 29.1 Å². The van der Waals surface area contributed by atoms with Crippen LogP contribution in [-0.4, -0.2) is 82.6 Å². The zero-order valence-electron chi connectivity index (χ0n) is 15.1. The van der Waals surface area contributed by atoms with Gasteiger partial charge in [0, 0.05) is 19.5 Å². The first-order chi connectivity index (χ1) is 12.9. The van der Waals surface area contributed by atoms with Crippen molar-refractivity contribution in [3.8, 4) is 0 Å². The third-order valence-corrected chi connectivity index (χ3v) is 5.03. The minimum atomic E-state index is -1.09. The third kappa shape index (κ3) is 5.03. The minimum absolute atomic E-state index is 0.0853. The van der Waals surface area contributed by atoms with E-state index in [-0.39, 0.29) is 25.3 Å². The second-order valence-electron chi connectivity index (χ2n) is 6.82. The summed E-state index contributed by atoms with van der Waals surface area (Å²) in [6, 6.07) is -2.21. The molecule has 150 valence electrons. The molecule has 2 saturated heterocycles. The maximum atomic E-state index is 12.9. The molecule has 3 amide bonds. The fourth-order valence-electron chi connectivity index (χ4n) is 3.66. The van der Waals surface area contributed by atoms with Gasteiger partial charge in [0.05, 0.1) is 12.6 Å². The highest BCUT2D eigenvalue weighted by Crippen LogP contribution is 2.25. The van der Waals surface area contributed by atoms with Gasteiger partial charge in [0.2, 0.25) is 17.7 Å². The Labute approximate surface area is 157 Å². The number of aldehydes is 1. The number of aliphatic carboxylic acids is 1. The van der Waals surface area contributed by atoms with Crippen molar-refractivity contribution in [1.29, 1.82) is 0 Å². The molecule has 2 heterocycles. The lowest BCUT2D eigenvalue weighted by atomic mass is 10.1. The molecule has 0 aromatic carbocycles. The maximum Gasteiger partial charge on any atom is 0.303 e. The molecule has 10 heteroatoms. The van der Waals surface area contributed by atoms with Crippen molar-refractivity contribution in [1.82, 2.24) is 15.1 Å². The lowest BCUT2D eigenvalue weighted by Gasteiger charge is -2.32. The summed E-state index contributed by atoms with van der Waals surface area (Å²) in [5, 5.41) is 11.3. The number of carboxylic acids is 1. The van der Waals surface area contributed by atoms with Gasteiger partial charge in [-0.25, -0.2) is 0 Å². The molecule has 0 spiro atoms. The summed E-state index contributed by atoms with van der Waals surface area (Å²) in [5.74, 6) is -2.41. The second kappa shape index (κ2) is 9.45. The first-order valence-electron chi connectivity index (χ1n) is 9.16. The number of carboxylic acid groups (broad SMARTS) is 1. The zero-order valence-corrected chi connectivity index (χ0v) is 15.1. The molecule has 2 fully saturated rings. The number of amides is 3. The third-order valence-electron chi connectivity index (χ3n) is 5.03. The molecular weight excluding hydrogens is 356 g/mol. The summed E-state index contributed by atoms with van der Waals surface area (Å²) in [7, 11) is 0. The molecule has 0 bridgehead atoms. The molecule has 0 unspecified atom stereocenters. The Morgan fingerprint density at radius 3 is 2.44 bits per heavy atom. The minimum Gasteiger partial charge on any atom is -0.481 e. The Kier molecular flexibility index (Phi) is 7.28. The smallest absolute Gasteiger partial charge is 0.303 e. The van der Waals surface area contributed by atoms with E-state index in [9.17, 15) is 24.0 Å². The van der Waals surface area contributed by atoms with Crippen LogP contribution in [0.5, 0.6) is 0 Å². The van der Waals surface area contributed by atoms with E-state index in [0.29, 0.717) is 32.4 Å². The molecule has 0 aromatic rings. The molecule has 27 heavy (non-hydrogen) atoms. The van der Waals surface area contributed by atoms with Gasteiger partial charge in [0.15, 0.2) is 0 Å². The molecule has 3 atom stereocenters. The van der Waals surface area contributed by atoms with Crippen molar-refractivity contribution in [2.45, 2.75) is 56.7 Å². The van der Waals surface area contributed by atoms with Gasteiger partial charge >= 0.3 is 5.97 Å². The predicted octanol–water partition coefficient (Wildman–Crippen LogP) is -1.52. The van der Waals surface area contributed by atoms with Gasteiger partial charge < -0.3 is 30.8 Å². The average Bonchev–Trinajstić information content (AvgIpc) is 3.32. The number of nitrogens with two attached hydrogens (primary N) is 1. The van der Waals surface area contributed by atoms with Crippen molar-refractivity contribution >= 4 is 30.0 Å². The molecule has 10 nitrogen and oxygen atoms in total. The second-order valence-corrected chi connectivity index (χ2v) is 6.82. The summed E-state index contributed by atoms with van der Waals surface area (Å²) >= 11 is 0. The molecule has 0 aliphatic carbocycles. The van der Waals surface area contributed by atoms with Crippen LogP contribution in [0.15, 0.2) is 0 Å². The van der Waals surface area contributed by atoms with Crippen molar-refractivity contribution in [2.24, 2.45) is 5.73 Å². The number of hydrogen-bond acceptors (Lipinski definition) is 6. The normalized spacial score (nSPS) is 23.1. The Morgan fingerprint density at radius 1 is 1.15 bits per heavy atom. The zero-order chi connectivity index (χ0) is 20.0. The number of likely N-dealkylation sites (tertiary alicyclic amines) is 2. The van der Waals surface area contributed by atoms with Gasteiger partial charge in [-0.1, -0.05) is 0 Å². The quantitative estimate of drug-likeness (QED) is 0.431. The monoisotopic (exact) mass is 382 g/mol. The SMILES string of the molecule is NCC(=O)N[C@@H](CCC(=O)O)C(=O)N1CCC[C@H]1C(=O)N1CCC[C@H]1C=O. The van der Waals surface area contributed by atoms with Crippen molar-refractivity contribution in [2.75, 3.05) is 19.6 Å². The molecular formula is C17H26N4O6. The number of nitrogens with one attached hydrogen (secondary N) is 1. The summed E-state index contributed by atoms with van der Waals surface area (Å²) in [6.45, 7) is 0.498. The number of nitrogens with zero attached hydrogens (tertiary/aromatic N) is 2. The summed E-state index contributed by atoms with van der Waals surface area (Å²) in [4.78, 5) is 62.4. The number of carbonyl (C=O) groups excluding carboxylic acids is 4. The van der Waals surface area contributed by atoms with E-state index in [1.54, 1.807) is 0 Å². The molecule has 0 radical (unpaired) electrons. The lowest BCUT2D eigenvalue weighted by molar-refractivity contribution is -0.147. The van der Waals surface area contributed by atoms with E-state index < -0.39 is 35.9 Å². The molecule has 0 saturated carbocycles. The standard InChI is InChI=1S/C17H26N4O6/c18-9-14(23)19-12(5-6-15(24)25)16(26)21-8-2-4-13(21)17(27)20-7-1-3-11(20)10-22/h10-13H,1-9,18H2,(H,19,23)(H,24,25)/t11-,12-,13-/m0/s1. The van der Waals surface area contributed by atoms with Gasteiger partial charge in [-0.05, 0) is 32.1 Å². The van der Waals surface area contributed by atoms with Crippen LogP contribution in [0.1, 0.15) is 38.5 Å². The highest BCUT2D eigenvalue weighted by molar-refractivity contribution is 5.93. The van der Waals surface area contributed by atoms with E-state index in [1.807, 2.05) is 0 Å².